The van der Waals surface area contributed by atoms with E-state index >= 15 is 0 Å². The van der Waals surface area contributed by atoms with Gasteiger partial charge in [0, 0.05) is 16.6 Å². The van der Waals surface area contributed by atoms with Crippen LogP contribution in [0.5, 0.6) is 5.75 Å². The maximum Gasteiger partial charge on any atom is 0.125 e. The summed E-state index contributed by atoms with van der Waals surface area (Å²) in [6.07, 6.45) is -0.572. The van der Waals surface area contributed by atoms with Gasteiger partial charge in [-0.3, -0.25) is 4.98 Å². The fourth-order valence-corrected chi connectivity index (χ4v) is 2.30. The number of methoxy groups -OCH3 is 1. The molecule has 0 aliphatic rings. The van der Waals surface area contributed by atoms with Crippen molar-refractivity contribution in [3.8, 4) is 5.75 Å². The molecule has 1 aromatic heterocycles. The molecule has 0 fully saturated rings. The Balaban J connectivity index is 2.89. The Morgan fingerprint density at radius 2 is 2.00 bits per heavy atom. The van der Waals surface area contributed by atoms with Gasteiger partial charge in [0.1, 0.15) is 5.75 Å². The van der Waals surface area contributed by atoms with Gasteiger partial charge in [0.25, 0.3) is 0 Å². The van der Waals surface area contributed by atoms with Crippen LogP contribution in [0.3, 0.4) is 0 Å². The van der Waals surface area contributed by atoms with E-state index in [2.05, 4.69) is 4.98 Å². The predicted molar refractivity (Wildman–Crippen MR) is 68.4 cm³/mol. The SMILES string of the molecule is COc1ccc2nc(C)cc(C)c2c1C(C)O. The molecule has 1 atom stereocenters. The van der Waals surface area contributed by atoms with Crippen LogP contribution < -0.4 is 4.74 Å². The minimum atomic E-state index is -0.572. The molecule has 0 saturated carbocycles. The van der Waals surface area contributed by atoms with Crippen LogP contribution in [0.15, 0.2) is 18.2 Å². The molecule has 90 valence electrons. The van der Waals surface area contributed by atoms with Crippen LogP contribution in [0.25, 0.3) is 10.9 Å². The van der Waals surface area contributed by atoms with E-state index in [-0.39, 0.29) is 0 Å². The molecule has 1 heterocycles. The lowest BCUT2D eigenvalue weighted by molar-refractivity contribution is 0.196. The highest BCUT2D eigenvalue weighted by atomic mass is 16.5. The third-order valence-electron chi connectivity index (χ3n) is 2.94. The van der Waals surface area contributed by atoms with E-state index in [9.17, 15) is 5.11 Å². The maximum absolute atomic E-state index is 9.92. The molecule has 2 aromatic rings. The van der Waals surface area contributed by atoms with E-state index in [0.29, 0.717) is 5.75 Å². The third kappa shape index (κ3) is 1.98. The lowest BCUT2D eigenvalue weighted by Crippen LogP contribution is -2.00. The number of rotatable bonds is 2. The Hall–Kier alpha value is -1.61. The third-order valence-corrected chi connectivity index (χ3v) is 2.94. The van der Waals surface area contributed by atoms with Gasteiger partial charge in [-0.1, -0.05) is 0 Å². The molecular formula is C14H17NO2. The number of aliphatic hydroxyl groups is 1. The first-order chi connectivity index (χ1) is 8.04. The smallest absolute Gasteiger partial charge is 0.125 e. The van der Waals surface area contributed by atoms with E-state index < -0.39 is 6.10 Å². The van der Waals surface area contributed by atoms with Crippen molar-refractivity contribution in [2.45, 2.75) is 26.9 Å². The van der Waals surface area contributed by atoms with E-state index in [1.165, 1.54) is 0 Å². The van der Waals surface area contributed by atoms with Crippen LogP contribution in [0.2, 0.25) is 0 Å². The van der Waals surface area contributed by atoms with Crippen molar-refractivity contribution in [1.29, 1.82) is 0 Å². The van der Waals surface area contributed by atoms with Gasteiger partial charge in [-0.05, 0) is 44.5 Å². The van der Waals surface area contributed by atoms with Crippen LogP contribution >= 0.6 is 0 Å². The first-order valence-electron chi connectivity index (χ1n) is 5.67. The van der Waals surface area contributed by atoms with Crippen LogP contribution in [0, 0.1) is 13.8 Å². The van der Waals surface area contributed by atoms with Crippen molar-refractivity contribution in [2.75, 3.05) is 7.11 Å². The topological polar surface area (TPSA) is 42.4 Å². The molecule has 0 saturated heterocycles. The molecule has 3 heteroatoms. The fourth-order valence-electron chi connectivity index (χ4n) is 2.30. The van der Waals surface area contributed by atoms with Gasteiger partial charge in [-0.25, -0.2) is 0 Å². The minimum Gasteiger partial charge on any atom is -0.496 e. The average Bonchev–Trinajstić information content (AvgIpc) is 2.27. The summed E-state index contributed by atoms with van der Waals surface area (Å²) >= 11 is 0. The van der Waals surface area contributed by atoms with Gasteiger partial charge in [-0.15, -0.1) is 0 Å². The minimum absolute atomic E-state index is 0.572. The van der Waals surface area contributed by atoms with Gasteiger partial charge in [0.05, 0.1) is 18.7 Å². The molecule has 2 rings (SSSR count). The number of pyridine rings is 1. The summed E-state index contributed by atoms with van der Waals surface area (Å²) in [6.45, 7) is 5.75. The second kappa shape index (κ2) is 4.34. The van der Waals surface area contributed by atoms with Crippen LogP contribution in [0.1, 0.15) is 29.8 Å². The predicted octanol–water partition coefficient (Wildman–Crippen LogP) is 2.91. The van der Waals surface area contributed by atoms with Gasteiger partial charge in [-0.2, -0.15) is 0 Å². The lowest BCUT2D eigenvalue weighted by Gasteiger charge is -2.16. The zero-order valence-corrected chi connectivity index (χ0v) is 10.6. The van der Waals surface area contributed by atoms with Crippen molar-refractivity contribution in [3.63, 3.8) is 0 Å². The standard InChI is InChI=1S/C14H17NO2/c1-8-7-9(2)15-11-5-6-12(17-4)14(10(3)16)13(8)11/h5-7,10,16H,1-4H3. The van der Waals surface area contributed by atoms with Gasteiger partial charge in [0.15, 0.2) is 0 Å². The first kappa shape index (κ1) is 11.9. The summed E-state index contributed by atoms with van der Waals surface area (Å²) in [5.41, 5.74) is 3.81. The highest BCUT2D eigenvalue weighted by Crippen LogP contribution is 2.34. The zero-order chi connectivity index (χ0) is 12.6. The molecule has 0 aliphatic carbocycles. The highest BCUT2D eigenvalue weighted by molar-refractivity contribution is 5.88. The van der Waals surface area contributed by atoms with Gasteiger partial charge in [0.2, 0.25) is 0 Å². The Bertz CT molecular complexity index is 562. The van der Waals surface area contributed by atoms with Crippen molar-refractivity contribution < 1.29 is 9.84 Å². The molecule has 1 aromatic carbocycles. The Labute approximate surface area is 101 Å². The molecule has 0 aliphatic heterocycles. The fraction of sp³-hybridized carbons (Fsp3) is 0.357. The van der Waals surface area contributed by atoms with E-state index in [1.54, 1.807) is 14.0 Å². The molecular weight excluding hydrogens is 214 g/mol. The number of benzene rings is 1. The number of aromatic nitrogens is 1. The molecule has 0 amide bonds. The van der Waals surface area contributed by atoms with Crippen LogP contribution in [-0.4, -0.2) is 17.2 Å². The Morgan fingerprint density at radius 1 is 1.29 bits per heavy atom. The number of hydrogen-bond donors (Lipinski definition) is 1. The van der Waals surface area contributed by atoms with E-state index in [1.807, 2.05) is 32.0 Å². The van der Waals surface area contributed by atoms with Crippen molar-refractivity contribution >= 4 is 10.9 Å². The summed E-state index contributed by atoms with van der Waals surface area (Å²) in [5, 5.41) is 10.9. The summed E-state index contributed by atoms with van der Waals surface area (Å²) in [5.74, 6) is 0.709. The summed E-state index contributed by atoms with van der Waals surface area (Å²) in [7, 11) is 1.62. The van der Waals surface area contributed by atoms with Crippen LogP contribution in [0.4, 0.5) is 0 Å². The molecule has 0 bridgehead atoms. The summed E-state index contributed by atoms with van der Waals surface area (Å²) in [4.78, 5) is 4.49. The molecule has 3 nitrogen and oxygen atoms in total. The average molecular weight is 231 g/mol. The number of hydrogen-bond acceptors (Lipinski definition) is 3. The quantitative estimate of drug-likeness (QED) is 0.864. The molecule has 17 heavy (non-hydrogen) atoms. The van der Waals surface area contributed by atoms with Crippen molar-refractivity contribution in [1.82, 2.24) is 4.98 Å². The number of aryl methyl sites for hydroxylation is 2. The zero-order valence-electron chi connectivity index (χ0n) is 10.6. The van der Waals surface area contributed by atoms with Gasteiger partial charge >= 0.3 is 0 Å². The summed E-state index contributed by atoms with van der Waals surface area (Å²) in [6, 6.07) is 5.81. The monoisotopic (exact) mass is 231 g/mol. The molecule has 0 radical (unpaired) electrons. The first-order valence-corrected chi connectivity index (χ1v) is 5.67. The summed E-state index contributed by atoms with van der Waals surface area (Å²) < 4.78 is 5.31. The molecule has 1 unspecified atom stereocenters. The number of fused-ring (bicyclic) bond motifs is 1. The van der Waals surface area contributed by atoms with Crippen molar-refractivity contribution in [3.05, 3.63) is 35.0 Å². The highest BCUT2D eigenvalue weighted by Gasteiger charge is 2.15. The second-order valence-corrected chi connectivity index (χ2v) is 4.33. The number of ether oxygens (including phenoxy) is 1. The van der Waals surface area contributed by atoms with Crippen LogP contribution in [-0.2, 0) is 0 Å². The number of nitrogens with zero attached hydrogens (tertiary/aromatic N) is 1. The maximum atomic E-state index is 9.92. The second-order valence-electron chi connectivity index (χ2n) is 4.33. The van der Waals surface area contributed by atoms with Gasteiger partial charge < -0.3 is 9.84 Å². The lowest BCUT2D eigenvalue weighted by atomic mass is 9.98. The Morgan fingerprint density at radius 3 is 2.59 bits per heavy atom. The largest absolute Gasteiger partial charge is 0.496 e. The van der Waals surface area contributed by atoms with E-state index in [4.69, 9.17) is 4.74 Å². The normalized spacial score (nSPS) is 12.8. The Kier molecular flexibility index (Phi) is 3.03. The van der Waals surface area contributed by atoms with E-state index in [0.717, 1.165) is 27.7 Å². The number of aliphatic hydroxyl groups excluding tert-OH is 1. The molecule has 1 N–H and O–H groups in total. The molecule has 0 spiro atoms. The van der Waals surface area contributed by atoms with Crippen molar-refractivity contribution in [2.24, 2.45) is 0 Å².